The molecule has 2 fully saturated rings. The molecule has 1 N–H and O–H groups in total. The SMILES string of the molecule is CCNC(=NCC1CCN(CCc2ccccc2)C1)N1CCC(OCC)CC1. The first-order chi connectivity index (χ1) is 13.8. The monoisotopic (exact) mass is 386 g/mol. The number of rotatable bonds is 8. The molecule has 156 valence electrons. The van der Waals surface area contributed by atoms with E-state index in [1.165, 1.54) is 25.1 Å². The molecule has 0 spiro atoms. The molecule has 0 aromatic heterocycles. The lowest BCUT2D eigenvalue weighted by atomic mass is 10.1. The third-order valence-electron chi connectivity index (χ3n) is 5.91. The van der Waals surface area contributed by atoms with Gasteiger partial charge in [-0.15, -0.1) is 0 Å². The maximum absolute atomic E-state index is 5.79. The molecular formula is C23H38N4O. The van der Waals surface area contributed by atoms with Gasteiger partial charge in [-0.05, 0) is 57.6 Å². The smallest absolute Gasteiger partial charge is 0.193 e. The van der Waals surface area contributed by atoms with E-state index >= 15 is 0 Å². The fraction of sp³-hybridized carbons (Fsp3) is 0.696. The van der Waals surface area contributed by atoms with Gasteiger partial charge >= 0.3 is 0 Å². The number of nitrogens with zero attached hydrogens (tertiary/aromatic N) is 3. The molecule has 2 saturated heterocycles. The van der Waals surface area contributed by atoms with Crippen LogP contribution in [0, 0.1) is 5.92 Å². The first-order valence-electron chi connectivity index (χ1n) is 11.2. The average molecular weight is 387 g/mol. The summed E-state index contributed by atoms with van der Waals surface area (Å²) in [6.07, 6.45) is 5.06. The van der Waals surface area contributed by atoms with Gasteiger partial charge < -0.3 is 19.9 Å². The van der Waals surface area contributed by atoms with E-state index < -0.39 is 0 Å². The molecule has 0 amide bonds. The number of benzene rings is 1. The van der Waals surface area contributed by atoms with E-state index in [4.69, 9.17) is 9.73 Å². The molecule has 5 nitrogen and oxygen atoms in total. The second kappa shape index (κ2) is 11.4. The maximum Gasteiger partial charge on any atom is 0.193 e. The molecule has 2 heterocycles. The molecule has 1 atom stereocenters. The fourth-order valence-corrected chi connectivity index (χ4v) is 4.31. The predicted molar refractivity (Wildman–Crippen MR) is 117 cm³/mol. The highest BCUT2D eigenvalue weighted by Crippen LogP contribution is 2.18. The van der Waals surface area contributed by atoms with Gasteiger partial charge in [0.2, 0.25) is 0 Å². The Morgan fingerprint density at radius 3 is 2.61 bits per heavy atom. The summed E-state index contributed by atoms with van der Waals surface area (Å²) in [5.74, 6) is 1.78. The van der Waals surface area contributed by atoms with Crippen molar-refractivity contribution in [3.8, 4) is 0 Å². The molecule has 0 bridgehead atoms. The minimum atomic E-state index is 0.428. The first kappa shape index (κ1) is 21.1. The van der Waals surface area contributed by atoms with Crippen molar-refractivity contribution in [1.29, 1.82) is 0 Å². The third-order valence-corrected chi connectivity index (χ3v) is 5.91. The van der Waals surface area contributed by atoms with Crippen molar-refractivity contribution in [2.24, 2.45) is 10.9 Å². The van der Waals surface area contributed by atoms with Crippen molar-refractivity contribution in [2.45, 2.75) is 45.6 Å². The van der Waals surface area contributed by atoms with Gasteiger partial charge in [-0.3, -0.25) is 4.99 Å². The lowest BCUT2D eigenvalue weighted by Crippen LogP contribution is -2.47. The number of likely N-dealkylation sites (tertiary alicyclic amines) is 2. The van der Waals surface area contributed by atoms with E-state index in [0.29, 0.717) is 12.0 Å². The lowest BCUT2D eigenvalue weighted by molar-refractivity contribution is 0.0263. The third kappa shape index (κ3) is 6.49. The van der Waals surface area contributed by atoms with Gasteiger partial charge in [-0.25, -0.2) is 0 Å². The summed E-state index contributed by atoms with van der Waals surface area (Å²) in [7, 11) is 0. The number of ether oxygens (including phenoxy) is 1. The van der Waals surface area contributed by atoms with Gasteiger partial charge in [0.1, 0.15) is 0 Å². The fourth-order valence-electron chi connectivity index (χ4n) is 4.31. The van der Waals surface area contributed by atoms with Gasteiger partial charge in [0.25, 0.3) is 0 Å². The maximum atomic E-state index is 5.79. The minimum Gasteiger partial charge on any atom is -0.378 e. The molecular weight excluding hydrogens is 348 g/mol. The zero-order valence-electron chi connectivity index (χ0n) is 17.8. The molecule has 1 aromatic carbocycles. The Labute approximate surface area is 171 Å². The normalized spacial score (nSPS) is 22.0. The summed E-state index contributed by atoms with van der Waals surface area (Å²) in [4.78, 5) is 10.0. The van der Waals surface area contributed by atoms with Crippen LogP contribution >= 0.6 is 0 Å². The van der Waals surface area contributed by atoms with Crippen LogP contribution in [0.25, 0.3) is 0 Å². The van der Waals surface area contributed by atoms with Crippen LogP contribution in [0.3, 0.4) is 0 Å². The standard InChI is InChI=1S/C23H38N4O/c1-3-24-23(27-16-12-22(13-17-27)28-4-2)25-18-21-11-15-26(19-21)14-10-20-8-6-5-7-9-20/h5-9,21-22H,3-4,10-19H2,1-2H3,(H,24,25). The largest absolute Gasteiger partial charge is 0.378 e. The topological polar surface area (TPSA) is 40.1 Å². The van der Waals surface area contributed by atoms with Crippen LogP contribution in [0.15, 0.2) is 35.3 Å². The van der Waals surface area contributed by atoms with Crippen molar-refractivity contribution in [2.75, 3.05) is 52.4 Å². The molecule has 1 unspecified atom stereocenters. The molecule has 2 aliphatic heterocycles. The second-order valence-corrected chi connectivity index (χ2v) is 8.03. The highest BCUT2D eigenvalue weighted by Gasteiger charge is 2.24. The Bertz CT molecular complexity index is 584. The number of piperidine rings is 1. The van der Waals surface area contributed by atoms with Crippen LogP contribution < -0.4 is 5.32 Å². The highest BCUT2D eigenvalue weighted by molar-refractivity contribution is 5.80. The zero-order chi connectivity index (χ0) is 19.6. The summed E-state index contributed by atoms with van der Waals surface area (Å²) in [6.45, 7) is 12.6. The van der Waals surface area contributed by atoms with Crippen LogP contribution in [0.5, 0.6) is 0 Å². The van der Waals surface area contributed by atoms with Crippen molar-refractivity contribution < 1.29 is 4.74 Å². The molecule has 3 rings (SSSR count). The summed E-state index contributed by atoms with van der Waals surface area (Å²) in [5, 5.41) is 3.50. The second-order valence-electron chi connectivity index (χ2n) is 8.03. The van der Waals surface area contributed by atoms with E-state index in [9.17, 15) is 0 Å². The molecule has 0 aliphatic carbocycles. The number of hydrogen-bond acceptors (Lipinski definition) is 3. The summed E-state index contributed by atoms with van der Waals surface area (Å²) in [6, 6.07) is 10.8. The Morgan fingerprint density at radius 1 is 1.11 bits per heavy atom. The molecule has 2 aliphatic rings. The zero-order valence-corrected chi connectivity index (χ0v) is 17.8. The number of guanidine groups is 1. The Morgan fingerprint density at radius 2 is 1.89 bits per heavy atom. The number of aliphatic imine (C=N–C) groups is 1. The molecule has 5 heteroatoms. The van der Waals surface area contributed by atoms with Crippen LogP contribution in [0.2, 0.25) is 0 Å². The van der Waals surface area contributed by atoms with Gasteiger partial charge in [-0.1, -0.05) is 30.3 Å². The van der Waals surface area contributed by atoms with Crippen molar-refractivity contribution >= 4 is 5.96 Å². The number of nitrogens with one attached hydrogen (secondary N) is 1. The van der Waals surface area contributed by atoms with Crippen molar-refractivity contribution in [3.05, 3.63) is 35.9 Å². The van der Waals surface area contributed by atoms with E-state index in [1.807, 2.05) is 0 Å². The van der Waals surface area contributed by atoms with Gasteiger partial charge in [-0.2, -0.15) is 0 Å². The lowest BCUT2D eigenvalue weighted by Gasteiger charge is -2.34. The summed E-state index contributed by atoms with van der Waals surface area (Å²) in [5.41, 5.74) is 1.44. The Hall–Kier alpha value is -1.59. The molecule has 1 aromatic rings. The molecule has 28 heavy (non-hydrogen) atoms. The summed E-state index contributed by atoms with van der Waals surface area (Å²) < 4.78 is 5.79. The van der Waals surface area contributed by atoms with Crippen LogP contribution in [0.1, 0.15) is 38.7 Å². The Balaban J connectivity index is 1.43. The van der Waals surface area contributed by atoms with Crippen LogP contribution in [0.4, 0.5) is 0 Å². The Kier molecular flexibility index (Phi) is 8.62. The highest BCUT2D eigenvalue weighted by atomic mass is 16.5. The molecule has 0 saturated carbocycles. The van der Waals surface area contributed by atoms with Gasteiger partial charge in [0.15, 0.2) is 5.96 Å². The quantitative estimate of drug-likeness (QED) is 0.551. The van der Waals surface area contributed by atoms with E-state index in [2.05, 4.69) is 59.3 Å². The van der Waals surface area contributed by atoms with E-state index in [1.54, 1.807) is 0 Å². The van der Waals surface area contributed by atoms with E-state index in [0.717, 1.165) is 64.6 Å². The summed E-state index contributed by atoms with van der Waals surface area (Å²) >= 11 is 0. The van der Waals surface area contributed by atoms with E-state index in [-0.39, 0.29) is 0 Å². The minimum absolute atomic E-state index is 0.428. The van der Waals surface area contributed by atoms with Crippen molar-refractivity contribution in [1.82, 2.24) is 15.1 Å². The van der Waals surface area contributed by atoms with Crippen molar-refractivity contribution in [3.63, 3.8) is 0 Å². The predicted octanol–water partition coefficient (Wildman–Crippen LogP) is 3.02. The van der Waals surface area contributed by atoms with Gasteiger partial charge in [0, 0.05) is 45.9 Å². The molecule has 0 radical (unpaired) electrons. The first-order valence-corrected chi connectivity index (χ1v) is 11.2. The average Bonchev–Trinajstić information content (AvgIpc) is 3.19. The van der Waals surface area contributed by atoms with Crippen LogP contribution in [-0.4, -0.2) is 74.3 Å². The number of hydrogen-bond donors (Lipinski definition) is 1. The van der Waals surface area contributed by atoms with Crippen LogP contribution in [-0.2, 0) is 11.2 Å². The van der Waals surface area contributed by atoms with Gasteiger partial charge in [0.05, 0.1) is 6.10 Å².